The van der Waals surface area contributed by atoms with Crippen LogP contribution in [0, 0.1) is 19.8 Å². The molecule has 0 aliphatic rings. The summed E-state index contributed by atoms with van der Waals surface area (Å²) in [5, 5.41) is 3.60. The van der Waals surface area contributed by atoms with Crippen LogP contribution in [0.1, 0.15) is 43.9 Å². The van der Waals surface area contributed by atoms with Crippen LogP contribution < -0.4 is 9.62 Å². The lowest BCUT2D eigenvalue weighted by atomic mass is 10.1. The molecule has 3 aromatic carbocycles. The van der Waals surface area contributed by atoms with Crippen LogP contribution in [0.4, 0.5) is 5.69 Å². The Hall–Kier alpha value is -3.07. The normalized spacial score (nSPS) is 12.2. The van der Waals surface area contributed by atoms with Gasteiger partial charge in [0, 0.05) is 13.1 Å². The molecule has 10 heteroatoms. The van der Waals surface area contributed by atoms with Crippen molar-refractivity contribution >= 4 is 50.7 Å². The molecule has 0 fully saturated rings. The van der Waals surface area contributed by atoms with Gasteiger partial charge in [0.2, 0.25) is 11.8 Å². The first-order valence-corrected chi connectivity index (χ1v) is 15.7. The summed E-state index contributed by atoms with van der Waals surface area (Å²) in [6.45, 7) is 9.47. The van der Waals surface area contributed by atoms with Crippen molar-refractivity contribution in [2.75, 3.05) is 17.4 Å². The van der Waals surface area contributed by atoms with Gasteiger partial charge in [-0.3, -0.25) is 13.9 Å². The highest BCUT2D eigenvalue weighted by Crippen LogP contribution is 2.30. The molecule has 0 bridgehead atoms. The third-order valence-electron chi connectivity index (χ3n) is 6.86. The zero-order chi connectivity index (χ0) is 30.3. The van der Waals surface area contributed by atoms with Crippen molar-refractivity contribution < 1.29 is 18.0 Å². The van der Waals surface area contributed by atoms with Gasteiger partial charge in [0.05, 0.1) is 20.6 Å². The van der Waals surface area contributed by atoms with Gasteiger partial charge in [-0.1, -0.05) is 80.4 Å². The first-order valence-electron chi connectivity index (χ1n) is 13.5. The second-order valence-electron chi connectivity index (χ2n) is 10.4. The van der Waals surface area contributed by atoms with E-state index in [-0.39, 0.29) is 23.3 Å². The largest absolute Gasteiger partial charge is 0.354 e. The second-order valence-corrected chi connectivity index (χ2v) is 13.1. The van der Waals surface area contributed by atoms with E-state index in [1.807, 2.05) is 40.7 Å². The van der Waals surface area contributed by atoms with E-state index in [2.05, 4.69) is 5.32 Å². The monoisotopic (exact) mass is 617 g/mol. The number of aryl methyl sites for hydroxylation is 1. The molecule has 0 spiro atoms. The van der Waals surface area contributed by atoms with Crippen molar-refractivity contribution in [3.63, 3.8) is 0 Å². The summed E-state index contributed by atoms with van der Waals surface area (Å²) in [7, 11) is -4.13. The fraction of sp³-hybridized carbons (Fsp3) is 0.355. The summed E-state index contributed by atoms with van der Waals surface area (Å²) < 4.78 is 29.1. The predicted octanol–water partition coefficient (Wildman–Crippen LogP) is 6.39. The molecule has 0 aromatic heterocycles. The number of halogens is 2. The number of carbonyl (C=O) groups excluding carboxylic acids is 2. The average Bonchev–Trinajstić information content (AvgIpc) is 2.94. The molecule has 0 saturated carbocycles. The third kappa shape index (κ3) is 8.03. The topological polar surface area (TPSA) is 86.8 Å². The van der Waals surface area contributed by atoms with Gasteiger partial charge in [-0.2, -0.15) is 0 Å². The Balaban J connectivity index is 2.09. The molecule has 0 aliphatic carbocycles. The van der Waals surface area contributed by atoms with Crippen LogP contribution in [-0.4, -0.2) is 44.3 Å². The highest BCUT2D eigenvalue weighted by Gasteiger charge is 2.34. The van der Waals surface area contributed by atoms with E-state index in [4.69, 9.17) is 23.2 Å². The molecule has 0 heterocycles. The molecular formula is C31H37Cl2N3O4S. The third-order valence-corrected chi connectivity index (χ3v) is 9.38. The predicted molar refractivity (Wildman–Crippen MR) is 166 cm³/mol. The fourth-order valence-corrected chi connectivity index (χ4v) is 6.23. The summed E-state index contributed by atoms with van der Waals surface area (Å²) in [6, 6.07) is 17.5. The van der Waals surface area contributed by atoms with Crippen LogP contribution in [0.15, 0.2) is 71.6 Å². The summed E-state index contributed by atoms with van der Waals surface area (Å²) in [5.41, 5.74) is 2.67. The first-order chi connectivity index (χ1) is 19.4. The molecule has 1 atom stereocenters. The molecule has 2 amide bonds. The van der Waals surface area contributed by atoms with Gasteiger partial charge in [0.15, 0.2) is 0 Å². The maximum atomic E-state index is 14.2. The average molecular weight is 619 g/mol. The lowest BCUT2D eigenvalue weighted by molar-refractivity contribution is -0.140. The van der Waals surface area contributed by atoms with Crippen LogP contribution in [0.3, 0.4) is 0 Å². The maximum Gasteiger partial charge on any atom is 0.264 e. The summed E-state index contributed by atoms with van der Waals surface area (Å²) >= 11 is 12.4. The minimum absolute atomic E-state index is 0.0371. The number of sulfonamides is 1. The number of nitrogens with one attached hydrogen (secondary N) is 1. The molecule has 0 radical (unpaired) electrons. The van der Waals surface area contributed by atoms with Crippen molar-refractivity contribution in [3.8, 4) is 0 Å². The Bertz CT molecular complexity index is 1480. The number of hydrogen-bond donors (Lipinski definition) is 1. The van der Waals surface area contributed by atoms with Gasteiger partial charge in [0.25, 0.3) is 10.0 Å². The number of rotatable bonds is 12. The van der Waals surface area contributed by atoms with Crippen LogP contribution >= 0.6 is 23.2 Å². The number of amides is 2. The smallest absolute Gasteiger partial charge is 0.264 e. The molecule has 220 valence electrons. The lowest BCUT2D eigenvalue weighted by Gasteiger charge is -2.34. The van der Waals surface area contributed by atoms with E-state index in [1.165, 1.54) is 17.0 Å². The van der Waals surface area contributed by atoms with Gasteiger partial charge in [0.1, 0.15) is 12.6 Å². The van der Waals surface area contributed by atoms with Crippen LogP contribution in [0.25, 0.3) is 0 Å². The van der Waals surface area contributed by atoms with Crippen molar-refractivity contribution in [1.29, 1.82) is 0 Å². The van der Waals surface area contributed by atoms with Gasteiger partial charge >= 0.3 is 0 Å². The van der Waals surface area contributed by atoms with Crippen molar-refractivity contribution in [3.05, 3.63) is 93.5 Å². The Kier molecular flexibility index (Phi) is 11.2. The van der Waals surface area contributed by atoms with E-state index in [9.17, 15) is 18.0 Å². The minimum Gasteiger partial charge on any atom is -0.354 e. The van der Waals surface area contributed by atoms with E-state index in [1.54, 1.807) is 48.5 Å². The fourth-order valence-electron chi connectivity index (χ4n) is 4.42. The lowest BCUT2D eigenvalue weighted by Crippen LogP contribution is -2.52. The van der Waals surface area contributed by atoms with Crippen molar-refractivity contribution in [2.24, 2.45) is 5.92 Å². The molecule has 0 unspecified atom stereocenters. The van der Waals surface area contributed by atoms with Crippen LogP contribution in [0.2, 0.25) is 10.0 Å². The standard InChI is InChI=1S/C31H37Cl2N3O4S/c1-6-28(31(38)34-18-21(2)3)35(19-24-15-16-26(32)27(33)17-24)30(37)20-36(29-14-10-11-22(4)23(29)5)41(39,40)25-12-8-7-9-13-25/h7-17,21,28H,6,18-20H2,1-5H3,(H,34,38)/t28-/m1/s1. The van der Waals surface area contributed by atoms with Gasteiger partial charge in [-0.15, -0.1) is 0 Å². The molecule has 3 aromatic rings. The first kappa shape index (κ1) is 32.4. The molecule has 7 nitrogen and oxygen atoms in total. The van der Waals surface area contributed by atoms with Gasteiger partial charge in [-0.25, -0.2) is 8.42 Å². The summed E-state index contributed by atoms with van der Waals surface area (Å²) in [6.07, 6.45) is 0.325. The van der Waals surface area contributed by atoms with E-state index in [0.717, 1.165) is 15.4 Å². The number of anilines is 1. The molecular weight excluding hydrogens is 581 g/mol. The SMILES string of the molecule is CC[C@H](C(=O)NCC(C)C)N(Cc1ccc(Cl)c(Cl)c1)C(=O)CN(c1cccc(C)c1C)S(=O)(=O)c1ccccc1. The van der Waals surface area contributed by atoms with Crippen molar-refractivity contribution in [2.45, 2.75) is 58.5 Å². The zero-order valence-electron chi connectivity index (χ0n) is 24.0. The van der Waals surface area contributed by atoms with Crippen molar-refractivity contribution in [1.82, 2.24) is 10.2 Å². The quantitative estimate of drug-likeness (QED) is 0.255. The number of carbonyl (C=O) groups is 2. The molecule has 41 heavy (non-hydrogen) atoms. The number of benzene rings is 3. The van der Waals surface area contributed by atoms with Gasteiger partial charge in [-0.05, 0) is 73.2 Å². The number of nitrogens with zero attached hydrogens (tertiary/aromatic N) is 2. The molecule has 3 rings (SSSR count). The van der Waals surface area contributed by atoms with Gasteiger partial charge < -0.3 is 10.2 Å². The Morgan fingerprint density at radius 1 is 0.927 bits per heavy atom. The highest BCUT2D eigenvalue weighted by molar-refractivity contribution is 7.92. The minimum atomic E-state index is -4.13. The highest BCUT2D eigenvalue weighted by atomic mass is 35.5. The summed E-state index contributed by atoms with van der Waals surface area (Å²) in [5.74, 6) is -0.617. The Labute approximate surface area is 253 Å². The van der Waals surface area contributed by atoms with Crippen LogP contribution in [0.5, 0.6) is 0 Å². The maximum absolute atomic E-state index is 14.2. The number of hydrogen-bond acceptors (Lipinski definition) is 4. The van der Waals surface area contributed by atoms with Crippen LogP contribution in [-0.2, 0) is 26.2 Å². The summed E-state index contributed by atoms with van der Waals surface area (Å²) in [4.78, 5) is 29.0. The molecule has 0 saturated heterocycles. The van der Waals surface area contributed by atoms with E-state index in [0.29, 0.717) is 34.3 Å². The Morgan fingerprint density at radius 3 is 2.22 bits per heavy atom. The van der Waals surface area contributed by atoms with E-state index < -0.39 is 28.5 Å². The van der Waals surface area contributed by atoms with E-state index >= 15 is 0 Å². The second kappa shape index (κ2) is 14.2. The molecule has 1 N–H and O–H groups in total. The Morgan fingerprint density at radius 2 is 1.61 bits per heavy atom. The molecule has 0 aliphatic heterocycles. The zero-order valence-corrected chi connectivity index (χ0v) is 26.4.